The smallest absolute Gasteiger partial charge is 0.220 e. The van der Waals surface area contributed by atoms with Crippen molar-refractivity contribution < 1.29 is 4.79 Å². The number of nitrogens with one attached hydrogen (secondary N) is 1. The van der Waals surface area contributed by atoms with Crippen molar-refractivity contribution in [1.29, 1.82) is 0 Å². The Bertz CT molecular complexity index is 447. The van der Waals surface area contributed by atoms with Gasteiger partial charge in [-0.1, -0.05) is 43.1 Å². The van der Waals surface area contributed by atoms with Gasteiger partial charge in [-0.2, -0.15) is 0 Å². The van der Waals surface area contributed by atoms with Gasteiger partial charge < -0.3 is 10.2 Å². The van der Waals surface area contributed by atoms with Gasteiger partial charge in [-0.05, 0) is 24.3 Å². The highest BCUT2D eigenvalue weighted by Gasteiger charge is 2.14. The number of carbonyl (C=O) groups excluding carboxylic acids is 1. The number of rotatable bonds is 6. The summed E-state index contributed by atoms with van der Waals surface area (Å²) in [7, 11) is 5.40. The molecule has 0 aliphatic carbocycles. The fraction of sp³-hybridized carbons (Fsp3) is 0.438. The summed E-state index contributed by atoms with van der Waals surface area (Å²) in [6.45, 7) is 1.89. The van der Waals surface area contributed by atoms with Crippen molar-refractivity contribution in [1.82, 2.24) is 10.2 Å². The summed E-state index contributed by atoms with van der Waals surface area (Å²) in [4.78, 5) is 13.9. The van der Waals surface area contributed by atoms with E-state index in [9.17, 15) is 4.79 Å². The normalized spacial score (nSPS) is 18.0. The van der Waals surface area contributed by atoms with Gasteiger partial charge in [0.05, 0.1) is 13.9 Å². The van der Waals surface area contributed by atoms with Crippen molar-refractivity contribution in [2.45, 2.75) is 38.2 Å². The van der Waals surface area contributed by atoms with E-state index >= 15 is 0 Å². The molecule has 1 N–H and O–H groups in total. The highest BCUT2D eigenvalue weighted by molar-refractivity contribution is 6.08. The van der Waals surface area contributed by atoms with Crippen LogP contribution in [0.5, 0.6) is 0 Å². The topological polar surface area (TPSA) is 32.3 Å². The monoisotopic (exact) mass is 268 g/mol. The summed E-state index contributed by atoms with van der Waals surface area (Å²) >= 11 is 0. The van der Waals surface area contributed by atoms with Crippen LogP contribution in [0.15, 0.2) is 42.6 Å². The first-order chi connectivity index (χ1) is 9.78. The Labute approximate surface area is 122 Å². The summed E-state index contributed by atoms with van der Waals surface area (Å²) < 4.78 is 0. The summed E-state index contributed by atoms with van der Waals surface area (Å²) in [5, 5.41) is 3.03. The molecule has 0 unspecified atom stereocenters. The minimum Gasteiger partial charge on any atom is -0.373 e. The predicted molar refractivity (Wildman–Crippen MR) is 82.3 cm³/mol. The van der Waals surface area contributed by atoms with Crippen LogP contribution in [0, 0.1) is 0 Å². The molecule has 0 aromatic heterocycles. The fourth-order valence-corrected chi connectivity index (χ4v) is 2.31. The molecule has 1 heterocycles. The quantitative estimate of drug-likeness (QED) is 0.803. The van der Waals surface area contributed by atoms with Gasteiger partial charge in [0.2, 0.25) is 5.91 Å². The van der Waals surface area contributed by atoms with Crippen LogP contribution in [-0.4, -0.2) is 31.2 Å². The molecular formula is C16H21BN2O. The number of carbonyl (C=O) groups is 1. The molecule has 0 fully saturated rings. The molecule has 0 bridgehead atoms. The summed E-state index contributed by atoms with van der Waals surface area (Å²) in [5.41, 5.74) is 1.31. The molecule has 1 aromatic carbocycles. The van der Waals surface area contributed by atoms with Gasteiger partial charge in [-0.25, -0.2) is 0 Å². The van der Waals surface area contributed by atoms with E-state index in [4.69, 9.17) is 7.85 Å². The highest BCUT2D eigenvalue weighted by atomic mass is 16.1. The molecule has 2 radical (unpaired) electrons. The second-order valence-electron chi connectivity index (χ2n) is 5.15. The lowest BCUT2D eigenvalue weighted by Crippen LogP contribution is -2.38. The van der Waals surface area contributed by atoms with Crippen LogP contribution in [0.1, 0.15) is 24.8 Å². The minimum atomic E-state index is 0.0987. The molecule has 1 aliphatic heterocycles. The molecule has 0 saturated carbocycles. The first-order valence-corrected chi connectivity index (χ1v) is 7.23. The maximum Gasteiger partial charge on any atom is 0.220 e. The number of nitrogens with zero attached hydrogens (tertiary/aromatic N) is 1. The van der Waals surface area contributed by atoms with E-state index in [2.05, 4.69) is 46.8 Å². The number of hydrogen-bond donors (Lipinski definition) is 1. The van der Waals surface area contributed by atoms with Gasteiger partial charge in [-0.15, -0.1) is 0 Å². The first-order valence-electron chi connectivity index (χ1n) is 7.23. The van der Waals surface area contributed by atoms with E-state index in [1.54, 1.807) is 0 Å². The van der Waals surface area contributed by atoms with Gasteiger partial charge >= 0.3 is 0 Å². The molecule has 1 amide bonds. The maximum absolute atomic E-state index is 11.6. The molecule has 3 nitrogen and oxygen atoms in total. The zero-order chi connectivity index (χ0) is 14.2. The lowest BCUT2D eigenvalue weighted by atomic mass is 10.00. The second-order valence-corrected chi connectivity index (χ2v) is 5.15. The zero-order valence-corrected chi connectivity index (χ0v) is 11.8. The van der Waals surface area contributed by atoms with E-state index in [1.807, 2.05) is 6.07 Å². The van der Waals surface area contributed by atoms with E-state index < -0.39 is 0 Å². The second kappa shape index (κ2) is 7.78. The standard InChI is InChI=1S/C16H21BN2O/c17-10-4-7-16(20)18-15-8-11-19(12-9-15)13-14-5-2-1-3-6-14/h1-3,5-6,8,11,15H,4,7,9-10,12-13H2,(H,18,20)/t15-/m0/s1. The van der Waals surface area contributed by atoms with E-state index in [-0.39, 0.29) is 11.9 Å². The van der Waals surface area contributed by atoms with Gasteiger partial charge in [-0.3, -0.25) is 4.79 Å². The van der Waals surface area contributed by atoms with Crippen molar-refractivity contribution in [3.63, 3.8) is 0 Å². The molecular weight excluding hydrogens is 247 g/mol. The first kappa shape index (κ1) is 14.7. The zero-order valence-electron chi connectivity index (χ0n) is 11.8. The lowest BCUT2D eigenvalue weighted by molar-refractivity contribution is -0.121. The SMILES string of the molecule is [B]CCCC(=O)N[C@H]1C=CN(Cc2ccccc2)CC1. The number of amides is 1. The average Bonchev–Trinajstić information content (AvgIpc) is 2.48. The van der Waals surface area contributed by atoms with Gasteiger partial charge in [0.25, 0.3) is 0 Å². The Balaban J connectivity index is 1.77. The molecule has 1 aromatic rings. The van der Waals surface area contributed by atoms with Crippen LogP contribution in [0.3, 0.4) is 0 Å². The van der Waals surface area contributed by atoms with E-state index in [1.165, 1.54) is 5.56 Å². The molecule has 2 rings (SSSR count). The summed E-state index contributed by atoms with van der Waals surface area (Å²) in [5.74, 6) is 0.0987. The Morgan fingerprint density at radius 1 is 1.35 bits per heavy atom. The van der Waals surface area contributed by atoms with Crippen LogP contribution < -0.4 is 5.32 Å². The fourth-order valence-electron chi connectivity index (χ4n) is 2.31. The van der Waals surface area contributed by atoms with Crippen molar-refractivity contribution in [3.05, 3.63) is 48.2 Å². The Morgan fingerprint density at radius 2 is 2.15 bits per heavy atom. The van der Waals surface area contributed by atoms with E-state index in [0.717, 1.165) is 25.9 Å². The van der Waals surface area contributed by atoms with Crippen molar-refractivity contribution in [2.75, 3.05) is 6.54 Å². The van der Waals surface area contributed by atoms with Gasteiger partial charge in [0, 0.05) is 19.5 Å². The van der Waals surface area contributed by atoms with Crippen molar-refractivity contribution in [2.24, 2.45) is 0 Å². The van der Waals surface area contributed by atoms with Gasteiger partial charge in [0.15, 0.2) is 0 Å². The number of hydrogen-bond acceptors (Lipinski definition) is 2. The highest BCUT2D eigenvalue weighted by Crippen LogP contribution is 2.12. The molecule has 4 heteroatoms. The van der Waals surface area contributed by atoms with Crippen LogP contribution in [0.2, 0.25) is 6.32 Å². The van der Waals surface area contributed by atoms with Crippen molar-refractivity contribution >= 4 is 13.8 Å². The maximum atomic E-state index is 11.6. The lowest BCUT2D eigenvalue weighted by Gasteiger charge is -2.28. The predicted octanol–water partition coefficient (Wildman–Crippen LogP) is 2.26. The molecule has 104 valence electrons. The summed E-state index contributed by atoms with van der Waals surface area (Å²) in [6.07, 6.45) is 6.96. The molecule has 1 aliphatic rings. The van der Waals surface area contributed by atoms with Crippen LogP contribution >= 0.6 is 0 Å². The van der Waals surface area contributed by atoms with Crippen LogP contribution in [0.25, 0.3) is 0 Å². The van der Waals surface area contributed by atoms with Crippen molar-refractivity contribution in [3.8, 4) is 0 Å². The Hall–Kier alpha value is -1.71. The molecule has 1 atom stereocenters. The Kier molecular flexibility index (Phi) is 5.72. The molecule has 0 saturated heterocycles. The average molecular weight is 268 g/mol. The minimum absolute atomic E-state index is 0.0987. The third kappa shape index (κ3) is 4.76. The molecule has 0 spiro atoms. The Morgan fingerprint density at radius 3 is 2.80 bits per heavy atom. The molecule has 20 heavy (non-hydrogen) atoms. The third-order valence-electron chi connectivity index (χ3n) is 3.44. The summed E-state index contributed by atoms with van der Waals surface area (Å²) in [6, 6.07) is 10.6. The largest absolute Gasteiger partial charge is 0.373 e. The van der Waals surface area contributed by atoms with Crippen LogP contribution in [0.4, 0.5) is 0 Å². The third-order valence-corrected chi connectivity index (χ3v) is 3.44. The number of benzene rings is 1. The van der Waals surface area contributed by atoms with Gasteiger partial charge in [0.1, 0.15) is 0 Å². The van der Waals surface area contributed by atoms with Crippen LogP contribution in [-0.2, 0) is 11.3 Å². The van der Waals surface area contributed by atoms with E-state index in [0.29, 0.717) is 12.7 Å².